The number of hydrogen-bond acceptors (Lipinski definition) is 6. The zero-order chi connectivity index (χ0) is 18.8. The molecule has 1 aromatic heterocycles. The number of amides is 2. The standard InChI is InChI=1S/C19H22N4O4/c1-11-13(4-2-5-14(11)21-18(25)15-6-3-9-26-15)17(24)20-10-16-22-19(27-23-16)12-7-8-12/h2,4-5,12,15H,3,6-10H2,1H3,(H,20,24)(H,21,25). The lowest BCUT2D eigenvalue weighted by Crippen LogP contribution is -2.28. The predicted molar refractivity (Wildman–Crippen MR) is 96.2 cm³/mol. The van der Waals surface area contributed by atoms with Crippen LogP contribution >= 0.6 is 0 Å². The van der Waals surface area contributed by atoms with E-state index in [0.717, 1.165) is 25.7 Å². The van der Waals surface area contributed by atoms with Crippen LogP contribution in [0.2, 0.25) is 0 Å². The Morgan fingerprint density at radius 2 is 2.11 bits per heavy atom. The molecule has 8 nitrogen and oxygen atoms in total. The first kappa shape index (κ1) is 17.7. The maximum Gasteiger partial charge on any atom is 0.253 e. The van der Waals surface area contributed by atoms with Crippen LogP contribution in [0.3, 0.4) is 0 Å². The van der Waals surface area contributed by atoms with E-state index in [1.807, 2.05) is 0 Å². The quantitative estimate of drug-likeness (QED) is 0.808. The van der Waals surface area contributed by atoms with Crippen molar-refractivity contribution in [2.75, 3.05) is 11.9 Å². The minimum absolute atomic E-state index is 0.174. The molecule has 2 aromatic rings. The number of nitrogens with one attached hydrogen (secondary N) is 2. The minimum atomic E-state index is -0.416. The first-order valence-electron chi connectivity index (χ1n) is 9.24. The largest absolute Gasteiger partial charge is 0.368 e. The van der Waals surface area contributed by atoms with Gasteiger partial charge in [0.1, 0.15) is 6.10 Å². The lowest BCUT2D eigenvalue weighted by molar-refractivity contribution is -0.124. The van der Waals surface area contributed by atoms with Gasteiger partial charge in [0, 0.05) is 23.8 Å². The molecule has 0 spiro atoms. The Bertz CT molecular complexity index is 853. The van der Waals surface area contributed by atoms with Gasteiger partial charge in [-0.2, -0.15) is 4.98 Å². The van der Waals surface area contributed by atoms with E-state index in [9.17, 15) is 9.59 Å². The highest BCUT2D eigenvalue weighted by atomic mass is 16.5. The van der Waals surface area contributed by atoms with E-state index in [0.29, 0.717) is 41.1 Å². The summed E-state index contributed by atoms with van der Waals surface area (Å²) in [6.07, 6.45) is 3.35. The van der Waals surface area contributed by atoms with Crippen molar-refractivity contribution in [1.82, 2.24) is 15.5 Å². The monoisotopic (exact) mass is 370 g/mol. The van der Waals surface area contributed by atoms with E-state index in [1.165, 1.54) is 0 Å². The summed E-state index contributed by atoms with van der Waals surface area (Å²) in [7, 11) is 0. The molecule has 1 saturated carbocycles. The number of anilines is 1. The number of ether oxygens (including phenoxy) is 1. The highest BCUT2D eigenvalue weighted by Crippen LogP contribution is 2.38. The number of benzene rings is 1. The summed E-state index contributed by atoms with van der Waals surface area (Å²) in [5.74, 6) is 1.07. The van der Waals surface area contributed by atoms with Crippen molar-refractivity contribution in [3.05, 3.63) is 41.0 Å². The first-order valence-corrected chi connectivity index (χ1v) is 9.24. The molecule has 1 atom stereocenters. The summed E-state index contributed by atoms with van der Waals surface area (Å²) in [6, 6.07) is 5.24. The second kappa shape index (κ2) is 7.48. The molecule has 8 heteroatoms. The SMILES string of the molecule is Cc1c(NC(=O)C2CCCO2)cccc1C(=O)NCc1noc(C2CC2)n1. The summed E-state index contributed by atoms with van der Waals surface area (Å²) in [4.78, 5) is 29.1. The molecule has 2 amide bonds. The van der Waals surface area contributed by atoms with Gasteiger partial charge in [-0.15, -0.1) is 0 Å². The Balaban J connectivity index is 1.39. The molecule has 1 aromatic carbocycles. The average molecular weight is 370 g/mol. The Morgan fingerprint density at radius 3 is 2.85 bits per heavy atom. The second-order valence-electron chi connectivity index (χ2n) is 6.97. The van der Waals surface area contributed by atoms with Crippen LogP contribution in [-0.4, -0.2) is 34.7 Å². The van der Waals surface area contributed by atoms with E-state index in [-0.39, 0.29) is 18.4 Å². The molecule has 1 aliphatic heterocycles. The molecule has 1 aliphatic carbocycles. The van der Waals surface area contributed by atoms with Gasteiger partial charge in [0.2, 0.25) is 5.89 Å². The highest BCUT2D eigenvalue weighted by molar-refractivity contribution is 6.00. The minimum Gasteiger partial charge on any atom is -0.368 e. The predicted octanol–water partition coefficient (Wildman–Crippen LogP) is 2.30. The average Bonchev–Trinajstić information content (AvgIpc) is 3.18. The summed E-state index contributed by atoms with van der Waals surface area (Å²) in [5.41, 5.74) is 1.80. The number of carbonyl (C=O) groups excluding carboxylic acids is 2. The fourth-order valence-corrected chi connectivity index (χ4v) is 3.10. The summed E-state index contributed by atoms with van der Waals surface area (Å²) < 4.78 is 10.6. The molecule has 2 aliphatic rings. The molecule has 2 N–H and O–H groups in total. The Labute approximate surface area is 156 Å². The molecule has 4 rings (SSSR count). The smallest absolute Gasteiger partial charge is 0.253 e. The normalized spacial score (nSPS) is 19.1. The topological polar surface area (TPSA) is 106 Å². The van der Waals surface area contributed by atoms with E-state index >= 15 is 0 Å². The zero-order valence-corrected chi connectivity index (χ0v) is 15.2. The number of nitrogens with zero attached hydrogens (tertiary/aromatic N) is 2. The van der Waals surface area contributed by atoms with E-state index < -0.39 is 6.10 Å². The molecule has 1 unspecified atom stereocenters. The van der Waals surface area contributed by atoms with Crippen LogP contribution < -0.4 is 10.6 Å². The molecule has 0 bridgehead atoms. The van der Waals surface area contributed by atoms with Crippen molar-refractivity contribution < 1.29 is 18.8 Å². The molecular formula is C19H22N4O4. The third-order valence-electron chi connectivity index (χ3n) is 4.88. The molecule has 2 fully saturated rings. The molecule has 27 heavy (non-hydrogen) atoms. The fraction of sp³-hybridized carbons (Fsp3) is 0.474. The van der Waals surface area contributed by atoms with Crippen LogP contribution in [0, 0.1) is 6.92 Å². The van der Waals surface area contributed by atoms with Crippen LogP contribution in [0.15, 0.2) is 22.7 Å². The van der Waals surface area contributed by atoms with Crippen LogP contribution in [-0.2, 0) is 16.1 Å². The lowest BCUT2D eigenvalue weighted by Gasteiger charge is -2.14. The van der Waals surface area contributed by atoms with Crippen molar-refractivity contribution >= 4 is 17.5 Å². The summed E-state index contributed by atoms with van der Waals surface area (Å²) in [6.45, 7) is 2.61. The Hall–Kier alpha value is -2.74. The second-order valence-corrected chi connectivity index (χ2v) is 6.97. The van der Waals surface area contributed by atoms with Gasteiger partial charge in [0.15, 0.2) is 5.82 Å². The van der Waals surface area contributed by atoms with Crippen molar-refractivity contribution in [1.29, 1.82) is 0 Å². The van der Waals surface area contributed by atoms with Crippen molar-refractivity contribution in [3.63, 3.8) is 0 Å². The third-order valence-corrected chi connectivity index (χ3v) is 4.88. The van der Waals surface area contributed by atoms with Gasteiger partial charge in [-0.25, -0.2) is 0 Å². The first-order chi connectivity index (χ1) is 13.1. The van der Waals surface area contributed by atoms with Gasteiger partial charge in [-0.05, 0) is 50.3 Å². The third kappa shape index (κ3) is 4.00. The van der Waals surface area contributed by atoms with Gasteiger partial charge in [-0.1, -0.05) is 11.2 Å². The van der Waals surface area contributed by atoms with Gasteiger partial charge in [0.25, 0.3) is 11.8 Å². The Kier molecular flexibility index (Phi) is 4.89. The van der Waals surface area contributed by atoms with Gasteiger partial charge in [0.05, 0.1) is 6.54 Å². The Morgan fingerprint density at radius 1 is 1.26 bits per heavy atom. The van der Waals surface area contributed by atoms with Crippen LogP contribution in [0.25, 0.3) is 0 Å². The number of carbonyl (C=O) groups is 2. The summed E-state index contributed by atoms with van der Waals surface area (Å²) >= 11 is 0. The van der Waals surface area contributed by atoms with Crippen molar-refractivity contribution in [3.8, 4) is 0 Å². The van der Waals surface area contributed by atoms with Crippen LogP contribution in [0.1, 0.15) is 59.2 Å². The van der Waals surface area contributed by atoms with Crippen molar-refractivity contribution in [2.24, 2.45) is 0 Å². The summed E-state index contributed by atoms with van der Waals surface area (Å²) in [5, 5.41) is 9.56. The molecular weight excluding hydrogens is 348 g/mol. The number of rotatable bonds is 6. The number of aromatic nitrogens is 2. The van der Waals surface area contributed by atoms with E-state index in [2.05, 4.69) is 20.8 Å². The fourth-order valence-electron chi connectivity index (χ4n) is 3.10. The van der Waals surface area contributed by atoms with Gasteiger partial charge >= 0.3 is 0 Å². The van der Waals surface area contributed by atoms with E-state index in [1.54, 1.807) is 25.1 Å². The molecule has 1 saturated heterocycles. The molecule has 142 valence electrons. The van der Waals surface area contributed by atoms with Crippen LogP contribution in [0.4, 0.5) is 5.69 Å². The van der Waals surface area contributed by atoms with Gasteiger partial charge < -0.3 is 19.9 Å². The maximum absolute atomic E-state index is 12.6. The van der Waals surface area contributed by atoms with Gasteiger partial charge in [-0.3, -0.25) is 9.59 Å². The molecule has 2 heterocycles. The van der Waals surface area contributed by atoms with Crippen molar-refractivity contribution in [2.45, 2.75) is 51.2 Å². The van der Waals surface area contributed by atoms with E-state index in [4.69, 9.17) is 9.26 Å². The number of hydrogen-bond donors (Lipinski definition) is 2. The zero-order valence-electron chi connectivity index (χ0n) is 15.2. The molecule has 0 radical (unpaired) electrons. The maximum atomic E-state index is 12.6. The highest BCUT2D eigenvalue weighted by Gasteiger charge is 2.29. The lowest BCUT2D eigenvalue weighted by atomic mass is 10.1. The van der Waals surface area contributed by atoms with Crippen LogP contribution in [0.5, 0.6) is 0 Å².